The third-order valence-corrected chi connectivity index (χ3v) is 3.19. The molecule has 1 amide bonds. The first-order valence-electron chi connectivity index (χ1n) is 6.93. The largest absolute Gasteiger partial charge is 0.454 e. The highest BCUT2D eigenvalue weighted by atomic mass is 16.5. The number of nitrogens with two attached hydrogens (primary N) is 1. The second kappa shape index (κ2) is 6.18. The van der Waals surface area contributed by atoms with Gasteiger partial charge in [-0.15, -0.1) is 0 Å². The predicted molar refractivity (Wildman–Crippen MR) is 87.6 cm³/mol. The number of guanidine groups is 1. The lowest BCUT2D eigenvalue weighted by molar-refractivity contribution is 0.0998. The molecule has 0 fully saturated rings. The number of aliphatic imine (C=N–C) groups is 1. The molecule has 0 aliphatic heterocycles. The number of H-pyrrole nitrogens is 1. The van der Waals surface area contributed by atoms with Gasteiger partial charge in [0, 0.05) is 18.6 Å². The highest BCUT2D eigenvalue weighted by Gasteiger charge is 2.12. The Bertz CT molecular complexity index is 871. The molecule has 3 rings (SSSR count). The fourth-order valence-electron chi connectivity index (χ4n) is 2.09. The van der Waals surface area contributed by atoms with Crippen LogP contribution in [-0.2, 0) is 0 Å². The average molecular weight is 309 g/mol. The number of pyridine rings is 1. The number of hydrogen-bond donors (Lipinski definition) is 3. The van der Waals surface area contributed by atoms with Gasteiger partial charge in [-0.1, -0.05) is 12.1 Å². The van der Waals surface area contributed by atoms with E-state index in [9.17, 15) is 4.79 Å². The average Bonchev–Trinajstić information content (AvgIpc) is 3.01. The zero-order chi connectivity index (χ0) is 16.2. The van der Waals surface area contributed by atoms with Gasteiger partial charge >= 0.3 is 0 Å². The van der Waals surface area contributed by atoms with Crippen molar-refractivity contribution in [3.05, 3.63) is 54.5 Å². The van der Waals surface area contributed by atoms with Gasteiger partial charge in [0.15, 0.2) is 11.7 Å². The first kappa shape index (κ1) is 14.6. The van der Waals surface area contributed by atoms with Gasteiger partial charge in [-0.05, 0) is 24.3 Å². The Hall–Kier alpha value is -3.35. The Morgan fingerprint density at radius 2 is 2.22 bits per heavy atom. The number of benzene rings is 1. The minimum atomic E-state index is -0.458. The molecule has 116 valence electrons. The molecule has 0 bridgehead atoms. The van der Waals surface area contributed by atoms with E-state index in [4.69, 9.17) is 10.5 Å². The van der Waals surface area contributed by atoms with Crippen LogP contribution < -0.4 is 15.8 Å². The molecule has 1 aromatic carbocycles. The van der Waals surface area contributed by atoms with E-state index in [0.29, 0.717) is 22.7 Å². The van der Waals surface area contributed by atoms with Crippen molar-refractivity contribution in [3.63, 3.8) is 0 Å². The van der Waals surface area contributed by atoms with Crippen molar-refractivity contribution in [1.29, 1.82) is 0 Å². The number of amides is 1. The number of aromatic amines is 1. The number of ether oxygens (including phenoxy) is 1. The normalized spacial score (nSPS) is 11.4. The second-order valence-corrected chi connectivity index (χ2v) is 4.75. The maximum atomic E-state index is 12.1. The van der Waals surface area contributed by atoms with E-state index in [2.05, 4.69) is 20.3 Å². The highest BCUT2D eigenvalue weighted by molar-refractivity contribution is 6.04. The lowest BCUT2D eigenvalue weighted by Crippen LogP contribution is -2.28. The summed E-state index contributed by atoms with van der Waals surface area (Å²) in [4.78, 5) is 22.8. The molecular weight excluding hydrogens is 294 g/mol. The van der Waals surface area contributed by atoms with Crippen molar-refractivity contribution in [1.82, 2.24) is 15.3 Å². The van der Waals surface area contributed by atoms with Gasteiger partial charge in [-0.2, -0.15) is 4.99 Å². The molecule has 2 heterocycles. The third-order valence-electron chi connectivity index (χ3n) is 3.19. The maximum absolute atomic E-state index is 12.1. The smallest absolute Gasteiger partial charge is 0.296 e. The van der Waals surface area contributed by atoms with Crippen LogP contribution >= 0.6 is 0 Å². The Balaban J connectivity index is 1.97. The standard InChI is InChI=1S/C16H15N5O2/c1-18-16(17)21-15(22)12-8-10-4-2-6-13(14(10)20-12)23-11-5-3-7-19-9-11/h2-9,20H,1H3,(H3,17,18,21,22). The molecule has 0 saturated carbocycles. The molecule has 2 aromatic heterocycles. The number of nitrogens with one attached hydrogen (secondary N) is 2. The van der Waals surface area contributed by atoms with Gasteiger partial charge in [-0.3, -0.25) is 9.78 Å². The molecule has 0 atom stereocenters. The Labute approximate surface area is 132 Å². The fourth-order valence-corrected chi connectivity index (χ4v) is 2.09. The number of carbonyl (C=O) groups is 1. The number of carbonyl (C=O) groups excluding carboxylic acids is 1. The molecule has 4 N–H and O–H groups in total. The van der Waals surface area contributed by atoms with Crippen LogP contribution in [0.3, 0.4) is 0 Å². The minimum Gasteiger partial charge on any atom is -0.454 e. The molecule has 0 radical (unpaired) electrons. The summed E-state index contributed by atoms with van der Waals surface area (Å²) < 4.78 is 5.81. The van der Waals surface area contributed by atoms with Crippen molar-refractivity contribution in [2.24, 2.45) is 10.7 Å². The van der Waals surface area contributed by atoms with E-state index in [1.165, 1.54) is 0 Å². The number of nitrogens with zero attached hydrogens (tertiary/aromatic N) is 2. The van der Waals surface area contributed by atoms with Crippen LogP contribution in [0.2, 0.25) is 0 Å². The summed E-state index contributed by atoms with van der Waals surface area (Å²) in [6, 6.07) is 10.8. The van der Waals surface area contributed by atoms with Gasteiger partial charge < -0.3 is 20.8 Å². The zero-order valence-electron chi connectivity index (χ0n) is 12.4. The molecule has 0 aliphatic carbocycles. The van der Waals surface area contributed by atoms with Crippen LogP contribution in [0.15, 0.2) is 53.8 Å². The van der Waals surface area contributed by atoms with Crippen LogP contribution in [0.5, 0.6) is 11.5 Å². The van der Waals surface area contributed by atoms with E-state index in [0.717, 1.165) is 5.39 Å². The van der Waals surface area contributed by atoms with Crippen LogP contribution in [0.4, 0.5) is 0 Å². The molecule has 0 saturated heterocycles. The van der Waals surface area contributed by atoms with Crippen molar-refractivity contribution >= 4 is 22.8 Å². The predicted octanol–water partition coefficient (Wildman–Crippen LogP) is 2.03. The van der Waals surface area contributed by atoms with Crippen LogP contribution in [0, 0.1) is 0 Å². The molecule has 0 unspecified atom stereocenters. The molecule has 23 heavy (non-hydrogen) atoms. The summed E-state index contributed by atoms with van der Waals surface area (Å²) >= 11 is 0. The molecular formula is C16H15N5O2. The summed E-state index contributed by atoms with van der Waals surface area (Å²) in [5.74, 6) is 0.806. The third kappa shape index (κ3) is 3.13. The first-order valence-corrected chi connectivity index (χ1v) is 6.93. The van der Waals surface area contributed by atoms with Crippen molar-refractivity contribution in [2.75, 3.05) is 7.05 Å². The van der Waals surface area contributed by atoms with Gasteiger partial charge in [0.25, 0.3) is 5.91 Å². The van der Waals surface area contributed by atoms with Gasteiger partial charge in [-0.25, -0.2) is 0 Å². The Morgan fingerprint density at radius 3 is 2.96 bits per heavy atom. The van der Waals surface area contributed by atoms with Crippen LogP contribution in [-0.4, -0.2) is 28.9 Å². The van der Waals surface area contributed by atoms with Gasteiger partial charge in [0.1, 0.15) is 11.4 Å². The quantitative estimate of drug-likeness (QED) is 0.507. The fraction of sp³-hybridized carbons (Fsp3) is 0.0625. The summed E-state index contributed by atoms with van der Waals surface area (Å²) in [7, 11) is 1.59. The van der Waals surface area contributed by atoms with E-state index < -0.39 is 5.91 Å². The Morgan fingerprint density at radius 1 is 1.35 bits per heavy atom. The Kier molecular flexibility index (Phi) is 3.92. The maximum Gasteiger partial charge on any atom is 0.296 e. The molecule has 7 heteroatoms. The number of aromatic nitrogens is 2. The monoisotopic (exact) mass is 309 g/mol. The number of rotatable bonds is 3. The van der Waals surface area contributed by atoms with E-state index in [-0.39, 0.29) is 5.96 Å². The summed E-state index contributed by atoms with van der Waals surface area (Å²) in [5, 5.41) is 3.45. The number of hydrogen-bond acceptors (Lipinski definition) is 3. The lowest BCUT2D eigenvalue weighted by atomic mass is 10.2. The number of para-hydroxylation sites is 1. The SMILES string of the molecule is CNC(N)=NC(=O)c1cc2cccc(Oc3cccnc3)c2[nH]1. The molecule has 0 spiro atoms. The van der Waals surface area contributed by atoms with E-state index in [1.54, 1.807) is 37.6 Å². The van der Waals surface area contributed by atoms with E-state index >= 15 is 0 Å². The summed E-state index contributed by atoms with van der Waals surface area (Å²) in [5.41, 5.74) is 6.55. The van der Waals surface area contributed by atoms with Crippen LogP contribution in [0.1, 0.15) is 10.5 Å². The summed E-state index contributed by atoms with van der Waals surface area (Å²) in [6.07, 6.45) is 3.29. The van der Waals surface area contributed by atoms with Gasteiger partial charge in [0.05, 0.1) is 11.7 Å². The lowest BCUT2D eigenvalue weighted by Gasteiger charge is -2.05. The van der Waals surface area contributed by atoms with E-state index in [1.807, 2.05) is 18.2 Å². The highest BCUT2D eigenvalue weighted by Crippen LogP contribution is 2.29. The van der Waals surface area contributed by atoms with Gasteiger partial charge in [0.2, 0.25) is 0 Å². The topological polar surface area (TPSA) is 105 Å². The minimum absolute atomic E-state index is 0.0560. The van der Waals surface area contributed by atoms with Crippen molar-refractivity contribution < 1.29 is 9.53 Å². The van der Waals surface area contributed by atoms with Crippen LogP contribution in [0.25, 0.3) is 10.9 Å². The number of fused-ring (bicyclic) bond motifs is 1. The first-order chi connectivity index (χ1) is 11.2. The zero-order valence-corrected chi connectivity index (χ0v) is 12.4. The van der Waals surface area contributed by atoms with Crippen molar-refractivity contribution in [3.8, 4) is 11.5 Å². The molecule has 0 aliphatic rings. The molecule has 7 nitrogen and oxygen atoms in total. The second-order valence-electron chi connectivity index (χ2n) is 4.75. The molecule has 3 aromatic rings. The summed E-state index contributed by atoms with van der Waals surface area (Å²) in [6.45, 7) is 0. The van der Waals surface area contributed by atoms with Crippen molar-refractivity contribution in [2.45, 2.75) is 0 Å².